The molecule has 6 heteroatoms. The highest BCUT2D eigenvalue weighted by atomic mass is 16.5. The van der Waals surface area contributed by atoms with Gasteiger partial charge in [-0.2, -0.15) is 0 Å². The lowest BCUT2D eigenvalue weighted by atomic mass is 10.0. The molecular weight excluding hydrogens is 304 g/mol. The fraction of sp³-hybridized carbons (Fsp3) is 0.667. The van der Waals surface area contributed by atoms with Crippen LogP contribution in [-0.4, -0.2) is 51.0 Å². The Labute approximate surface area is 145 Å². The van der Waals surface area contributed by atoms with E-state index in [0.29, 0.717) is 12.5 Å². The van der Waals surface area contributed by atoms with Gasteiger partial charge in [-0.3, -0.25) is 9.98 Å². The van der Waals surface area contributed by atoms with Crippen molar-refractivity contribution in [2.24, 2.45) is 10.9 Å². The molecule has 0 spiro atoms. The minimum Gasteiger partial charge on any atom is -0.381 e. The lowest BCUT2D eigenvalue weighted by Gasteiger charge is -2.21. The van der Waals surface area contributed by atoms with Gasteiger partial charge in [0.2, 0.25) is 0 Å². The highest BCUT2D eigenvalue weighted by molar-refractivity contribution is 5.79. The summed E-state index contributed by atoms with van der Waals surface area (Å²) < 4.78 is 11.1. The smallest absolute Gasteiger partial charge is 0.191 e. The van der Waals surface area contributed by atoms with Crippen LogP contribution in [0.4, 0.5) is 0 Å². The third-order valence-electron chi connectivity index (χ3n) is 4.22. The monoisotopic (exact) mass is 334 g/mol. The van der Waals surface area contributed by atoms with Crippen molar-refractivity contribution in [1.29, 1.82) is 0 Å². The number of pyridine rings is 1. The van der Waals surface area contributed by atoms with Gasteiger partial charge in [-0.15, -0.1) is 0 Å². The summed E-state index contributed by atoms with van der Waals surface area (Å²) in [6, 6.07) is 4.02. The van der Waals surface area contributed by atoms with Crippen LogP contribution < -0.4 is 10.6 Å². The largest absolute Gasteiger partial charge is 0.381 e. The van der Waals surface area contributed by atoms with E-state index in [-0.39, 0.29) is 0 Å². The fourth-order valence-electron chi connectivity index (χ4n) is 2.64. The molecule has 6 nitrogen and oxygen atoms in total. The summed E-state index contributed by atoms with van der Waals surface area (Å²) in [6.07, 6.45) is 5.03. The van der Waals surface area contributed by atoms with Gasteiger partial charge in [0.25, 0.3) is 0 Å². The van der Waals surface area contributed by atoms with Crippen LogP contribution in [0.25, 0.3) is 0 Å². The lowest BCUT2D eigenvalue weighted by molar-refractivity contribution is 0.0203. The molecule has 1 aromatic heterocycles. The van der Waals surface area contributed by atoms with Gasteiger partial charge in [0, 0.05) is 46.2 Å². The number of guanidine groups is 1. The van der Waals surface area contributed by atoms with Crippen molar-refractivity contribution in [3.05, 3.63) is 29.6 Å². The van der Waals surface area contributed by atoms with E-state index in [1.54, 1.807) is 7.05 Å². The van der Waals surface area contributed by atoms with E-state index < -0.39 is 0 Å². The molecular formula is C18H30N4O2. The second-order valence-corrected chi connectivity index (χ2v) is 6.10. The molecule has 2 heterocycles. The number of nitrogens with one attached hydrogen (secondary N) is 2. The van der Waals surface area contributed by atoms with Gasteiger partial charge in [0.15, 0.2) is 5.96 Å². The number of aromatic nitrogens is 1. The Balaban J connectivity index is 1.54. The Morgan fingerprint density at radius 3 is 2.96 bits per heavy atom. The number of rotatable bonds is 8. The van der Waals surface area contributed by atoms with Crippen LogP contribution >= 0.6 is 0 Å². The standard InChI is InChI=1S/C18H30N4O2/c1-15-5-3-8-20-17(15)13-22-18(19-2)21-9-4-10-24-14-16-6-11-23-12-7-16/h3,5,8,16H,4,6-7,9-14H2,1-2H3,(H2,19,21,22). The Hall–Kier alpha value is -1.66. The first-order valence-electron chi connectivity index (χ1n) is 8.80. The molecule has 0 unspecified atom stereocenters. The molecule has 1 fully saturated rings. The molecule has 1 aliphatic rings. The second kappa shape index (κ2) is 11.0. The number of ether oxygens (including phenoxy) is 2. The van der Waals surface area contributed by atoms with Gasteiger partial charge in [0.05, 0.1) is 12.2 Å². The molecule has 0 aliphatic carbocycles. The number of nitrogens with zero attached hydrogens (tertiary/aromatic N) is 2. The quantitative estimate of drug-likeness (QED) is 0.432. The highest BCUT2D eigenvalue weighted by Crippen LogP contribution is 2.14. The molecule has 0 saturated carbocycles. The summed E-state index contributed by atoms with van der Waals surface area (Å²) in [4.78, 5) is 8.61. The number of aryl methyl sites for hydroxylation is 1. The summed E-state index contributed by atoms with van der Waals surface area (Å²) >= 11 is 0. The Morgan fingerprint density at radius 1 is 1.38 bits per heavy atom. The molecule has 0 aromatic carbocycles. The van der Waals surface area contributed by atoms with Gasteiger partial charge in [-0.1, -0.05) is 6.07 Å². The van der Waals surface area contributed by atoms with Gasteiger partial charge in [0.1, 0.15) is 0 Å². The summed E-state index contributed by atoms with van der Waals surface area (Å²) in [5.41, 5.74) is 2.22. The van der Waals surface area contributed by atoms with E-state index in [9.17, 15) is 0 Å². The molecule has 134 valence electrons. The Kier molecular flexibility index (Phi) is 8.55. The minimum atomic E-state index is 0.669. The molecule has 2 N–H and O–H groups in total. The van der Waals surface area contributed by atoms with Crippen molar-refractivity contribution >= 4 is 5.96 Å². The first-order chi connectivity index (χ1) is 11.8. The first kappa shape index (κ1) is 18.7. The van der Waals surface area contributed by atoms with E-state index in [1.165, 1.54) is 5.56 Å². The van der Waals surface area contributed by atoms with Crippen molar-refractivity contribution in [3.8, 4) is 0 Å². The molecule has 1 saturated heterocycles. The predicted molar refractivity (Wildman–Crippen MR) is 96.2 cm³/mol. The van der Waals surface area contributed by atoms with Gasteiger partial charge in [-0.05, 0) is 43.7 Å². The summed E-state index contributed by atoms with van der Waals surface area (Å²) in [7, 11) is 1.78. The average Bonchev–Trinajstić information content (AvgIpc) is 2.62. The van der Waals surface area contributed by atoms with E-state index in [0.717, 1.165) is 63.9 Å². The Morgan fingerprint density at radius 2 is 2.21 bits per heavy atom. The fourth-order valence-corrected chi connectivity index (χ4v) is 2.64. The topological polar surface area (TPSA) is 67.8 Å². The van der Waals surface area contributed by atoms with Crippen LogP contribution in [0.3, 0.4) is 0 Å². The molecule has 0 atom stereocenters. The van der Waals surface area contributed by atoms with Crippen molar-refractivity contribution in [3.63, 3.8) is 0 Å². The number of hydrogen-bond donors (Lipinski definition) is 2. The Bertz CT molecular complexity index is 502. The highest BCUT2D eigenvalue weighted by Gasteiger charge is 2.13. The van der Waals surface area contributed by atoms with Crippen molar-refractivity contribution < 1.29 is 9.47 Å². The lowest BCUT2D eigenvalue weighted by Crippen LogP contribution is -2.38. The molecule has 0 amide bonds. The molecule has 0 bridgehead atoms. The van der Waals surface area contributed by atoms with Crippen LogP contribution in [-0.2, 0) is 16.0 Å². The summed E-state index contributed by atoms with van der Waals surface area (Å²) in [5, 5.41) is 6.60. The van der Waals surface area contributed by atoms with Gasteiger partial charge < -0.3 is 20.1 Å². The average molecular weight is 334 g/mol. The molecule has 2 rings (SSSR count). The SMILES string of the molecule is CN=C(NCCCOCC1CCOCC1)NCc1ncccc1C. The van der Waals surface area contributed by atoms with Crippen LogP contribution in [0.5, 0.6) is 0 Å². The maximum Gasteiger partial charge on any atom is 0.191 e. The first-order valence-corrected chi connectivity index (χ1v) is 8.80. The molecule has 0 radical (unpaired) electrons. The van der Waals surface area contributed by atoms with Crippen LogP contribution in [0, 0.1) is 12.8 Å². The predicted octanol–water partition coefficient (Wildman–Crippen LogP) is 1.89. The second-order valence-electron chi connectivity index (χ2n) is 6.10. The van der Waals surface area contributed by atoms with Crippen LogP contribution in [0.15, 0.2) is 23.3 Å². The molecule has 24 heavy (non-hydrogen) atoms. The van der Waals surface area contributed by atoms with Gasteiger partial charge in [-0.25, -0.2) is 0 Å². The molecule has 1 aromatic rings. The zero-order valence-electron chi connectivity index (χ0n) is 14.9. The van der Waals surface area contributed by atoms with Crippen LogP contribution in [0.1, 0.15) is 30.5 Å². The van der Waals surface area contributed by atoms with Crippen molar-refractivity contribution in [2.75, 3.05) is 40.0 Å². The molecule has 1 aliphatic heterocycles. The number of hydrogen-bond acceptors (Lipinski definition) is 4. The summed E-state index contributed by atoms with van der Waals surface area (Å²) in [6.45, 7) is 6.98. The third-order valence-corrected chi connectivity index (χ3v) is 4.22. The van der Waals surface area contributed by atoms with Gasteiger partial charge >= 0.3 is 0 Å². The van der Waals surface area contributed by atoms with E-state index in [4.69, 9.17) is 9.47 Å². The third kappa shape index (κ3) is 6.84. The minimum absolute atomic E-state index is 0.669. The normalized spacial score (nSPS) is 16.2. The maximum atomic E-state index is 5.77. The van der Waals surface area contributed by atoms with E-state index in [1.807, 2.05) is 12.3 Å². The van der Waals surface area contributed by atoms with Crippen LogP contribution in [0.2, 0.25) is 0 Å². The van der Waals surface area contributed by atoms with Crippen molar-refractivity contribution in [2.45, 2.75) is 32.7 Å². The van der Waals surface area contributed by atoms with Crippen molar-refractivity contribution in [1.82, 2.24) is 15.6 Å². The zero-order chi connectivity index (χ0) is 17.0. The van der Waals surface area contributed by atoms with E-state index >= 15 is 0 Å². The summed E-state index contributed by atoms with van der Waals surface area (Å²) in [5.74, 6) is 1.47. The zero-order valence-corrected chi connectivity index (χ0v) is 14.9. The van der Waals surface area contributed by atoms with E-state index in [2.05, 4.69) is 33.6 Å². The number of aliphatic imine (C=N–C) groups is 1. The maximum absolute atomic E-state index is 5.77.